The molecule has 0 aliphatic rings. The van der Waals surface area contributed by atoms with E-state index in [4.69, 9.17) is 14.2 Å². The van der Waals surface area contributed by atoms with Crippen molar-refractivity contribution in [3.63, 3.8) is 0 Å². The van der Waals surface area contributed by atoms with Gasteiger partial charge in [-0.15, -0.1) is 0 Å². The number of aromatic nitrogens is 1. The molecule has 0 aliphatic carbocycles. The number of hydrogen-bond donors (Lipinski definition) is 0. The number of nitrogens with zero attached hydrogens (tertiary/aromatic N) is 1. The molecule has 1 heterocycles. The van der Waals surface area contributed by atoms with E-state index < -0.39 is 39.6 Å². The summed E-state index contributed by atoms with van der Waals surface area (Å²) in [6, 6.07) is 12.4. The SMILES string of the molecule is CCCCC(CC)Cn1c(-c2ccccc2)c(OC(=O)C(C)(C)C)c(=O)c2c(OC(=O)C(C)(C)C)cc(OC(=O)C(C)(C)C)cc21. The highest BCUT2D eigenvalue weighted by atomic mass is 16.6. The first-order valence-corrected chi connectivity index (χ1v) is 16.3. The van der Waals surface area contributed by atoms with Crippen LogP contribution in [0.1, 0.15) is 102 Å². The molecule has 3 rings (SSSR count). The molecule has 3 aromatic rings. The van der Waals surface area contributed by atoms with Crippen molar-refractivity contribution in [3.8, 4) is 28.5 Å². The largest absolute Gasteiger partial charge is 0.426 e. The molecule has 1 atom stereocenters. The van der Waals surface area contributed by atoms with Gasteiger partial charge in [-0.1, -0.05) is 63.4 Å². The van der Waals surface area contributed by atoms with Gasteiger partial charge < -0.3 is 18.8 Å². The fourth-order valence-corrected chi connectivity index (χ4v) is 4.72. The van der Waals surface area contributed by atoms with Crippen molar-refractivity contribution >= 4 is 28.8 Å². The fourth-order valence-electron chi connectivity index (χ4n) is 4.72. The first-order chi connectivity index (χ1) is 21.3. The molecule has 8 nitrogen and oxygen atoms in total. The summed E-state index contributed by atoms with van der Waals surface area (Å²) in [5.41, 5.74) is -1.71. The van der Waals surface area contributed by atoms with E-state index in [1.54, 1.807) is 68.4 Å². The van der Waals surface area contributed by atoms with Gasteiger partial charge in [-0.25, -0.2) is 0 Å². The van der Waals surface area contributed by atoms with Crippen molar-refractivity contribution in [2.45, 2.75) is 108 Å². The van der Waals surface area contributed by atoms with E-state index in [9.17, 15) is 19.2 Å². The molecule has 1 unspecified atom stereocenters. The van der Waals surface area contributed by atoms with Gasteiger partial charge in [0.15, 0.2) is 0 Å². The van der Waals surface area contributed by atoms with E-state index in [1.807, 2.05) is 34.9 Å². The van der Waals surface area contributed by atoms with Crippen LogP contribution in [0.2, 0.25) is 0 Å². The van der Waals surface area contributed by atoms with Gasteiger partial charge in [-0.2, -0.15) is 0 Å². The second-order valence-corrected chi connectivity index (χ2v) is 15.1. The fraction of sp³-hybridized carbons (Fsp3) is 0.526. The summed E-state index contributed by atoms with van der Waals surface area (Å²) < 4.78 is 19.7. The van der Waals surface area contributed by atoms with Crippen LogP contribution in [0.3, 0.4) is 0 Å². The van der Waals surface area contributed by atoms with Gasteiger partial charge in [-0.05, 0) is 74.7 Å². The number of fused-ring (bicyclic) bond motifs is 1. The molecule has 0 spiro atoms. The van der Waals surface area contributed by atoms with E-state index in [0.717, 1.165) is 25.7 Å². The number of hydrogen-bond acceptors (Lipinski definition) is 7. The van der Waals surface area contributed by atoms with Crippen LogP contribution in [0.15, 0.2) is 47.3 Å². The number of carbonyl (C=O) groups is 3. The minimum Gasteiger partial charge on any atom is -0.426 e. The van der Waals surface area contributed by atoms with Gasteiger partial charge in [0, 0.05) is 24.2 Å². The number of benzene rings is 2. The minimum atomic E-state index is -0.903. The number of esters is 3. The summed E-state index contributed by atoms with van der Waals surface area (Å²) in [6.07, 6.45) is 3.85. The molecule has 0 aliphatic heterocycles. The van der Waals surface area contributed by atoms with Crippen molar-refractivity contribution in [2.24, 2.45) is 22.2 Å². The number of pyridine rings is 1. The molecule has 250 valence electrons. The summed E-state index contributed by atoms with van der Waals surface area (Å²) in [6.45, 7) is 20.3. The zero-order chi connectivity index (χ0) is 34.6. The standard InChI is InChI=1S/C38H51NO7/c1-12-14-18-24(13-2)23-39-27-21-26(44-33(41)36(3,4)5)22-28(45-34(42)37(6,7)8)29(27)31(40)32(46-35(43)38(9,10)11)30(39)25-19-16-15-17-20-25/h15-17,19-22,24H,12-14,18,23H2,1-11H3. The van der Waals surface area contributed by atoms with Crippen molar-refractivity contribution in [1.29, 1.82) is 0 Å². The van der Waals surface area contributed by atoms with Crippen molar-refractivity contribution in [3.05, 3.63) is 52.7 Å². The summed E-state index contributed by atoms with van der Waals surface area (Å²) >= 11 is 0. The lowest BCUT2D eigenvalue weighted by molar-refractivity contribution is -0.144. The maximum atomic E-state index is 14.6. The van der Waals surface area contributed by atoms with Gasteiger partial charge >= 0.3 is 17.9 Å². The molecular weight excluding hydrogens is 582 g/mol. The van der Waals surface area contributed by atoms with Crippen LogP contribution in [0.5, 0.6) is 17.2 Å². The van der Waals surface area contributed by atoms with Crippen LogP contribution in [0.25, 0.3) is 22.2 Å². The normalized spacial score (nSPS) is 12.9. The molecule has 0 fully saturated rings. The monoisotopic (exact) mass is 633 g/mol. The van der Waals surface area contributed by atoms with E-state index >= 15 is 0 Å². The Morgan fingerprint density at radius 1 is 0.761 bits per heavy atom. The van der Waals surface area contributed by atoms with Crippen LogP contribution in [0, 0.1) is 22.2 Å². The maximum Gasteiger partial charge on any atom is 0.316 e. The third-order valence-corrected chi connectivity index (χ3v) is 7.74. The Morgan fingerprint density at radius 3 is 1.83 bits per heavy atom. The second kappa shape index (κ2) is 14.2. The zero-order valence-corrected chi connectivity index (χ0v) is 29.5. The Kier molecular flexibility index (Phi) is 11.3. The quantitative estimate of drug-likeness (QED) is 0.163. The van der Waals surface area contributed by atoms with Gasteiger partial charge in [0.1, 0.15) is 11.5 Å². The molecule has 0 N–H and O–H groups in total. The van der Waals surface area contributed by atoms with Crippen molar-refractivity contribution in [2.75, 3.05) is 0 Å². The predicted molar refractivity (Wildman–Crippen MR) is 182 cm³/mol. The van der Waals surface area contributed by atoms with Gasteiger partial charge in [0.25, 0.3) is 0 Å². The van der Waals surface area contributed by atoms with Crippen LogP contribution in [-0.4, -0.2) is 22.5 Å². The highest BCUT2D eigenvalue weighted by Gasteiger charge is 2.32. The topological polar surface area (TPSA) is 101 Å². The van der Waals surface area contributed by atoms with Crippen molar-refractivity contribution in [1.82, 2.24) is 4.57 Å². The highest BCUT2D eigenvalue weighted by molar-refractivity contribution is 5.95. The Hall–Kier alpha value is -3.94. The Bertz CT molecular complexity index is 1630. The average Bonchev–Trinajstić information content (AvgIpc) is 2.96. The van der Waals surface area contributed by atoms with E-state index in [1.165, 1.54) is 6.07 Å². The molecule has 2 aromatic carbocycles. The number of ether oxygens (including phenoxy) is 3. The molecule has 0 radical (unpaired) electrons. The smallest absolute Gasteiger partial charge is 0.316 e. The zero-order valence-electron chi connectivity index (χ0n) is 29.5. The van der Waals surface area contributed by atoms with Crippen LogP contribution < -0.4 is 19.6 Å². The minimum absolute atomic E-state index is 0.0647. The Balaban J connectivity index is 2.57. The summed E-state index contributed by atoms with van der Waals surface area (Å²) in [5, 5.41) is 0.0647. The average molecular weight is 634 g/mol. The second-order valence-electron chi connectivity index (χ2n) is 15.1. The van der Waals surface area contributed by atoms with E-state index in [-0.39, 0.29) is 28.6 Å². The van der Waals surface area contributed by atoms with Crippen LogP contribution >= 0.6 is 0 Å². The number of unbranched alkanes of at least 4 members (excludes halogenated alkanes) is 1. The first kappa shape index (κ1) is 36.5. The van der Waals surface area contributed by atoms with Crippen LogP contribution in [-0.2, 0) is 20.9 Å². The first-order valence-electron chi connectivity index (χ1n) is 16.3. The highest BCUT2D eigenvalue weighted by Crippen LogP contribution is 2.39. The molecule has 0 saturated carbocycles. The van der Waals surface area contributed by atoms with Crippen LogP contribution in [0.4, 0.5) is 0 Å². The van der Waals surface area contributed by atoms with Gasteiger partial charge in [0.05, 0.1) is 32.8 Å². The maximum absolute atomic E-state index is 14.6. The Morgan fingerprint density at radius 2 is 1.30 bits per heavy atom. The van der Waals surface area contributed by atoms with E-state index in [0.29, 0.717) is 23.3 Å². The molecule has 0 saturated heterocycles. The lowest BCUT2D eigenvalue weighted by atomic mass is 9.96. The lowest BCUT2D eigenvalue weighted by Crippen LogP contribution is -2.30. The molecule has 8 heteroatoms. The Labute approximate surface area is 273 Å². The molecule has 0 bridgehead atoms. The number of rotatable bonds is 10. The summed E-state index contributed by atoms with van der Waals surface area (Å²) in [5.74, 6) is -1.50. The third kappa shape index (κ3) is 8.65. The molecular formula is C38H51NO7. The van der Waals surface area contributed by atoms with Gasteiger partial charge in [-0.3, -0.25) is 19.2 Å². The third-order valence-electron chi connectivity index (χ3n) is 7.74. The number of carbonyl (C=O) groups excluding carboxylic acids is 3. The summed E-state index contributed by atoms with van der Waals surface area (Å²) in [4.78, 5) is 54.3. The molecule has 1 aromatic heterocycles. The van der Waals surface area contributed by atoms with Gasteiger partial charge in [0.2, 0.25) is 11.2 Å². The lowest BCUT2D eigenvalue weighted by Gasteiger charge is -2.27. The molecule has 0 amide bonds. The summed E-state index contributed by atoms with van der Waals surface area (Å²) in [7, 11) is 0. The van der Waals surface area contributed by atoms with E-state index in [2.05, 4.69) is 13.8 Å². The molecule has 46 heavy (non-hydrogen) atoms. The van der Waals surface area contributed by atoms with Crippen molar-refractivity contribution < 1.29 is 28.6 Å². The predicted octanol–water partition coefficient (Wildman–Crippen LogP) is 8.74.